The second-order valence-electron chi connectivity index (χ2n) is 5.43. The molecule has 0 radical (unpaired) electrons. The Morgan fingerprint density at radius 1 is 1.33 bits per heavy atom. The van der Waals surface area contributed by atoms with E-state index in [4.69, 9.17) is 0 Å². The van der Waals surface area contributed by atoms with E-state index in [-0.39, 0.29) is 17.6 Å². The molecule has 5 heteroatoms. The Bertz CT molecular complexity index is 534. The van der Waals surface area contributed by atoms with Crippen molar-refractivity contribution in [1.29, 1.82) is 0 Å². The molecule has 1 aromatic carbocycles. The zero-order chi connectivity index (χ0) is 15.2. The number of anilines is 1. The average molecular weight is 288 g/mol. The summed E-state index contributed by atoms with van der Waals surface area (Å²) in [7, 11) is 0. The van der Waals surface area contributed by atoms with Crippen LogP contribution in [0.4, 0.5) is 5.69 Å². The third-order valence-corrected chi connectivity index (χ3v) is 3.74. The summed E-state index contributed by atoms with van der Waals surface area (Å²) in [5.74, 6) is 0.0128. The first-order chi connectivity index (χ1) is 10.1. The monoisotopic (exact) mass is 288 g/mol. The number of piperidine rings is 1. The van der Waals surface area contributed by atoms with Crippen LogP contribution in [0.3, 0.4) is 0 Å². The van der Waals surface area contributed by atoms with Gasteiger partial charge >= 0.3 is 0 Å². The molecule has 1 fully saturated rings. The lowest BCUT2D eigenvalue weighted by Gasteiger charge is -2.28. The number of likely N-dealkylation sites (tertiary alicyclic amines) is 1. The SMILES string of the molecule is CC(=O)c1cccc(NC(=O)CN2CCC(C=O)CC2)c1. The van der Waals surface area contributed by atoms with Crippen LogP contribution in [-0.2, 0) is 9.59 Å². The lowest BCUT2D eigenvalue weighted by atomic mass is 9.99. The second-order valence-corrected chi connectivity index (χ2v) is 5.43. The first-order valence-corrected chi connectivity index (χ1v) is 7.17. The summed E-state index contributed by atoms with van der Waals surface area (Å²) in [6.45, 7) is 3.35. The van der Waals surface area contributed by atoms with Crippen LogP contribution in [-0.4, -0.2) is 42.5 Å². The number of hydrogen-bond acceptors (Lipinski definition) is 4. The summed E-state index contributed by atoms with van der Waals surface area (Å²) >= 11 is 0. The van der Waals surface area contributed by atoms with E-state index in [9.17, 15) is 14.4 Å². The zero-order valence-electron chi connectivity index (χ0n) is 12.2. The second kappa shape index (κ2) is 7.13. The number of aldehydes is 1. The lowest BCUT2D eigenvalue weighted by Crippen LogP contribution is -2.39. The summed E-state index contributed by atoms with van der Waals surface area (Å²) in [6.07, 6.45) is 2.64. The maximum absolute atomic E-state index is 12.0. The average Bonchev–Trinajstić information content (AvgIpc) is 2.48. The Labute approximate surface area is 124 Å². The molecule has 0 bridgehead atoms. The molecule has 0 aromatic heterocycles. The number of amides is 1. The van der Waals surface area contributed by atoms with Crippen molar-refractivity contribution in [1.82, 2.24) is 4.90 Å². The van der Waals surface area contributed by atoms with E-state index in [2.05, 4.69) is 5.32 Å². The van der Waals surface area contributed by atoms with Crippen molar-refractivity contribution in [2.75, 3.05) is 25.0 Å². The van der Waals surface area contributed by atoms with Gasteiger partial charge < -0.3 is 10.1 Å². The maximum Gasteiger partial charge on any atom is 0.238 e. The highest BCUT2D eigenvalue weighted by Gasteiger charge is 2.20. The first-order valence-electron chi connectivity index (χ1n) is 7.17. The van der Waals surface area contributed by atoms with Crippen molar-refractivity contribution >= 4 is 23.7 Å². The third-order valence-electron chi connectivity index (χ3n) is 3.74. The Morgan fingerprint density at radius 3 is 2.67 bits per heavy atom. The van der Waals surface area contributed by atoms with Gasteiger partial charge in [-0.25, -0.2) is 0 Å². The minimum Gasteiger partial charge on any atom is -0.325 e. The maximum atomic E-state index is 12.0. The molecule has 2 rings (SSSR count). The van der Waals surface area contributed by atoms with E-state index in [0.717, 1.165) is 32.2 Å². The molecule has 0 aliphatic carbocycles. The molecule has 1 amide bonds. The van der Waals surface area contributed by atoms with Crippen molar-refractivity contribution in [2.24, 2.45) is 5.92 Å². The number of carbonyl (C=O) groups is 3. The van der Waals surface area contributed by atoms with Crippen molar-refractivity contribution in [3.8, 4) is 0 Å². The van der Waals surface area contributed by atoms with E-state index < -0.39 is 0 Å². The number of carbonyl (C=O) groups excluding carboxylic acids is 3. The van der Waals surface area contributed by atoms with Crippen LogP contribution < -0.4 is 5.32 Å². The molecule has 112 valence electrons. The summed E-state index contributed by atoms with van der Waals surface area (Å²) in [5, 5.41) is 2.81. The summed E-state index contributed by atoms with van der Waals surface area (Å²) in [5.41, 5.74) is 1.22. The van der Waals surface area contributed by atoms with Gasteiger partial charge in [0, 0.05) is 17.2 Å². The van der Waals surface area contributed by atoms with Gasteiger partial charge in [0.1, 0.15) is 6.29 Å². The van der Waals surface area contributed by atoms with E-state index in [1.165, 1.54) is 6.92 Å². The number of nitrogens with one attached hydrogen (secondary N) is 1. The molecule has 1 saturated heterocycles. The van der Waals surface area contributed by atoms with Gasteiger partial charge in [-0.3, -0.25) is 14.5 Å². The highest BCUT2D eigenvalue weighted by atomic mass is 16.2. The summed E-state index contributed by atoms with van der Waals surface area (Å²) in [4.78, 5) is 36.1. The number of ketones is 1. The van der Waals surface area contributed by atoms with Gasteiger partial charge in [0.15, 0.2) is 5.78 Å². The summed E-state index contributed by atoms with van der Waals surface area (Å²) in [6, 6.07) is 6.92. The Balaban J connectivity index is 1.86. The topological polar surface area (TPSA) is 66.5 Å². The van der Waals surface area contributed by atoms with Gasteiger partial charge in [-0.05, 0) is 45.0 Å². The van der Waals surface area contributed by atoms with Gasteiger partial charge in [-0.15, -0.1) is 0 Å². The van der Waals surface area contributed by atoms with Crippen molar-refractivity contribution in [3.05, 3.63) is 29.8 Å². The molecule has 5 nitrogen and oxygen atoms in total. The molecule has 1 aliphatic heterocycles. The fourth-order valence-corrected chi connectivity index (χ4v) is 2.47. The highest BCUT2D eigenvalue weighted by Crippen LogP contribution is 2.15. The van der Waals surface area contributed by atoms with Crippen molar-refractivity contribution < 1.29 is 14.4 Å². The predicted molar refractivity (Wildman–Crippen MR) is 80.3 cm³/mol. The lowest BCUT2D eigenvalue weighted by molar-refractivity contribution is -0.117. The van der Waals surface area contributed by atoms with Gasteiger partial charge in [0.05, 0.1) is 6.54 Å². The number of rotatable bonds is 5. The van der Waals surface area contributed by atoms with Crippen LogP contribution in [0.25, 0.3) is 0 Å². The minimum absolute atomic E-state index is 0.0259. The van der Waals surface area contributed by atoms with Crippen LogP contribution in [0.5, 0.6) is 0 Å². The zero-order valence-corrected chi connectivity index (χ0v) is 12.2. The Kier molecular flexibility index (Phi) is 5.22. The van der Waals surface area contributed by atoms with Gasteiger partial charge in [0.25, 0.3) is 0 Å². The molecule has 0 spiro atoms. The number of benzene rings is 1. The number of Topliss-reactive ketones (excluding diaryl/α,β-unsaturated/α-hetero) is 1. The van der Waals surface area contributed by atoms with Crippen LogP contribution in [0.2, 0.25) is 0 Å². The smallest absolute Gasteiger partial charge is 0.238 e. The largest absolute Gasteiger partial charge is 0.325 e. The molecular formula is C16H20N2O3. The molecule has 1 heterocycles. The standard InChI is InChI=1S/C16H20N2O3/c1-12(20)14-3-2-4-15(9-14)17-16(21)10-18-7-5-13(11-19)6-8-18/h2-4,9,11,13H,5-8,10H2,1H3,(H,17,21). The van der Waals surface area contributed by atoms with E-state index >= 15 is 0 Å². The molecule has 1 N–H and O–H groups in total. The van der Waals surface area contributed by atoms with Crippen LogP contribution >= 0.6 is 0 Å². The third kappa shape index (κ3) is 4.49. The van der Waals surface area contributed by atoms with Gasteiger partial charge in [-0.1, -0.05) is 12.1 Å². The molecule has 1 aliphatic rings. The minimum atomic E-state index is -0.0970. The fourth-order valence-electron chi connectivity index (χ4n) is 2.47. The quantitative estimate of drug-likeness (QED) is 0.662. The van der Waals surface area contributed by atoms with Crippen LogP contribution in [0.15, 0.2) is 24.3 Å². The molecule has 1 aromatic rings. The van der Waals surface area contributed by atoms with Gasteiger partial charge in [0.2, 0.25) is 5.91 Å². The van der Waals surface area contributed by atoms with E-state index in [0.29, 0.717) is 17.8 Å². The van der Waals surface area contributed by atoms with E-state index in [1.807, 2.05) is 4.90 Å². The molecule has 21 heavy (non-hydrogen) atoms. The fraction of sp³-hybridized carbons (Fsp3) is 0.438. The van der Waals surface area contributed by atoms with Crippen LogP contribution in [0.1, 0.15) is 30.1 Å². The predicted octanol–water partition coefficient (Wildman–Crippen LogP) is 1.74. The summed E-state index contributed by atoms with van der Waals surface area (Å²) < 4.78 is 0. The number of hydrogen-bond donors (Lipinski definition) is 1. The first kappa shape index (κ1) is 15.4. The molecule has 0 atom stereocenters. The molecule has 0 unspecified atom stereocenters. The molecular weight excluding hydrogens is 268 g/mol. The van der Waals surface area contributed by atoms with Gasteiger partial charge in [-0.2, -0.15) is 0 Å². The van der Waals surface area contributed by atoms with Crippen molar-refractivity contribution in [3.63, 3.8) is 0 Å². The van der Waals surface area contributed by atoms with Crippen molar-refractivity contribution in [2.45, 2.75) is 19.8 Å². The molecule has 0 saturated carbocycles. The highest BCUT2D eigenvalue weighted by molar-refractivity contribution is 5.97. The Hall–Kier alpha value is -2.01. The Morgan fingerprint density at radius 2 is 2.05 bits per heavy atom. The van der Waals surface area contributed by atoms with Crippen LogP contribution in [0, 0.1) is 5.92 Å². The van der Waals surface area contributed by atoms with E-state index in [1.54, 1.807) is 24.3 Å². The normalized spacial score (nSPS) is 16.4. The number of nitrogens with zero attached hydrogens (tertiary/aromatic N) is 1.